The first-order chi connectivity index (χ1) is 25.9. The number of aromatic hydroxyl groups is 2. The van der Waals surface area contributed by atoms with Gasteiger partial charge < -0.3 is 10.2 Å². The molecule has 4 N–H and O–H groups in total. The van der Waals surface area contributed by atoms with E-state index in [9.17, 15) is 10.2 Å². The van der Waals surface area contributed by atoms with Crippen molar-refractivity contribution in [3.8, 4) is 11.5 Å². The van der Waals surface area contributed by atoms with Gasteiger partial charge in [0.1, 0.15) is 22.9 Å². The van der Waals surface area contributed by atoms with Gasteiger partial charge in [0.2, 0.25) is 0 Å². The Morgan fingerprint density at radius 2 is 0.768 bits per heavy atom. The quantitative estimate of drug-likeness (QED) is 0.0926. The molecule has 0 bridgehead atoms. The van der Waals surface area contributed by atoms with E-state index in [1.807, 2.05) is 66.7 Å². The summed E-state index contributed by atoms with van der Waals surface area (Å²) < 4.78 is 0. The van der Waals surface area contributed by atoms with Gasteiger partial charge in [0.05, 0.1) is 22.8 Å². The number of anilines is 2. The first-order valence-corrected chi connectivity index (χ1v) is 19.6. The third-order valence-electron chi connectivity index (χ3n) is 9.52. The maximum absolute atomic E-state index is 11.6. The highest BCUT2D eigenvalue weighted by atomic mass is 35.5. The molecule has 0 saturated heterocycles. The number of rotatable bonds is 8. The number of aromatic nitrogens is 1. The molecule has 4 aromatic carbocycles. The molecule has 0 aliphatic rings. The number of hydrogen-bond acceptors (Lipinski definition) is 7. The highest BCUT2D eigenvalue weighted by Crippen LogP contribution is 2.42. The molecule has 0 amide bonds. The second kappa shape index (κ2) is 16.0. The molecule has 5 aromatic rings. The van der Waals surface area contributed by atoms with Crippen molar-refractivity contribution in [1.29, 1.82) is 0 Å². The lowest BCUT2D eigenvalue weighted by Gasteiger charge is -2.28. The lowest BCUT2D eigenvalue weighted by atomic mass is 9.77. The van der Waals surface area contributed by atoms with E-state index in [0.717, 1.165) is 44.8 Å². The van der Waals surface area contributed by atoms with Crippen LogP contribution in [0.2, 0.25) is 10.0 Å². The second-order valence-corrected chi connectivity index (χ2v) is 19.3. The average molecular weight is 793 g/mol. The van der Waals surface area contributed by atoms with E-state index >= 15 is 0 Å². The summed E-state index contributed by atoms with van der Waals surface area (Å²) in [5.41, 5.74) is 13.6. The number of phenols is 2. The van der Waals surface area contributed by atoms with Gasteiger partial charge in [-0.05, 0) is 107 Å². The lowest BCUT2D eigenvalue weighted by molar-refractivity contribution is 0.422. The number of nitrogens with zero attached hydrogens (tertiary/aromatic N) is 3. The van der Waals surface area contributed by atoms with E-state index in [2.05, 4.69) is 93.9 Å². The molecule has 1 heterocycles. The third kappa shape index (κ3) is 9.93. The van der Waals surface area contributed by atoms with Gasteiger partial charge in [-0.1, -0.05) is 112 Å². The summed E-state index contributed by atoms with van der Waals surface area (Å²) in [6.07, 6.45) is 0. The van der Waals surface area contributed by atoms with Gasteiger partial charge in [-0.3, -0.25) is 10.9 Å². The van der Waals surface area contributed by atoms with E-state index in [1.54, 1.807) is 24.3 Å². The maximum Gasteiger partial charge on any atom is 0.123 e. The minimum atomic E-state index is -0.369. The predicted octanol–water partition coefficient (Wildman–Crippen LogP) is 12.7. The molecule has 5 rings (SSSR count). The van der Waals surface area contributed by atoms with Crippen LogP contribution in [0.1, 0.15) is 128 Å². The normalized spacial score (nSPS) is 13.2. The molecule has 0 aliphatic carbocycles. The van der Waals surface area contributed by atoms with Crippen LogP contribution >= 0.6 is 23.2 Å². The fourth-order valence-electron chi connectivity index (χ4n) is 6.36. The standard InChI is InChI=1S/C47H55Cl2N5O2/c1-44(2,3)34-24-28(25-35(42(34)55)45(4,5)6)40(53-51-32-20-16-30(48)17-21-32)38-14-13-15-39(50-38)41(54-52-33-22-18-31(49)19-23-33)29-26-36(46(7,8)9)43(56)37(27-29)47(10,11)12/h13-27,51-52,55-56H,1-12H3/b53-40+,54-41+. The highest BCUT2D eigenvalue weighted by Gasteiger charge is 2.30. The van der Waals surface area contributed by atoms with E-state index in [-0.39, 0.29) is 33.2 Å². The lowest BCUT2D eigenvalue weighted by Crippen LogP contribution is -2.21. The van der Waals surface area contributed by atoms with Gasteiger partial charge in [-0.2, -0.15) is 10.2 Å². The van der Waals surface area contributed by atoms with Crippen LogP contribution in [-0.4, -0.2) is 26.6 Å². The van der Waals surface area contributed by atoms with Crippen LogP contribution < -0.4 is 10.9 Å². The molecule has 0 radical (unpaired) electrons. The number of hydrazone groups is 2. The maximum atomic E-state index is 11.6. The SMILES string of the molecule is CC(C)(C)c1cc(/C(=N\Nc2ccc(Cl)cc2)c2cccc(/C(=N/Nc3ccc(Cl)cc3)c3cc(C(C)(C)C)c(O)c(C(C)(C)C)c3)n2)cc(C(C)(C)C)c1O. The van der Waals surface area contributed by atoms with Crippen molar-refractivity contribution in [2.45, 2.75) is 105 Å². The van der Waals surface area contributed by atoms with Gasteiger partial charge >= 0.3 is 0 Å². The van der Waals surface area contributed by atoms with Gasteiger partial charge in [-0.25, -0.2) is 4.98 Å². The van der Waals surface area contributed by atoms with Gasteiger partial charge in [0.25, 0.3) is 0 Å². The molecule has 0 aliphatic heterocycles. The van der Waals surface area contributed by atoms with E-state index < -0.39 is 0 Å². The molecule has 0 spiro atoms. The Morgan fingerprint density at radius 3 is 1.04 bits per heavy atom. The summed E-state index contributed by atoms with van der Waals surface area (Å²) in [6, 6.07) is 28.5. The van der Waals surface area contributed by atoms with Crippen LogP contribution in [0.3, 0.4) is 0 Å². The van der Waals surface area contributed by atoms with Crippen LogP contribution in [0.5, 0.6) is 11.5 Å². The summed E-state index contributed by atoms with van der Waals surface area (Å²) in [5, 5.41) is 34.5. The van der Waals surface area contributed by atoms with Crippen LogP contribution in [-0.2, 0) is 21.7 Å². The van der Waals surface area contributed by atoms with E-state index in [4.69, 9.17) is 38.4 Å². The van der Waals surface area contributed by atoms with Crippen molar-refractivity contribution < 1.29 is 10.2 Å². The van der Waals surface area contributed by atoms with Crippen LogP contribution in [0.15, 0.2) is 101 Å². The fourth-order valence-corrected chi connectivity index (χ4v) is 6.61. The Morgan fingerprint density at radius 1 is 0.482 bits per heavy atom. The molecular formula is C47H55Cl2N5O2. The average Bonchev–Trinajstić information content (AvgIpc) is 3.09. The van der Waals surface area contributed by atoms with E-state index in [1.165, 1.54) is 0 Å². The Bertz CT molecular complexity index is 2040. The first kappa shape index (κ1) is 42.3. The molecule has 7 nitrogen and oxygen atoms in total. The van der Waals surface area contributed by atoms with Crippen LogP contribution in [0.25, 0.3) is 0 Å². The smallest absolute Gasteiger partial charge is 0.123 e. The third-order valence-corrected chi connectivity index (χ3v) is 10.0. The molecule has 1 aromatic heterocycles. The molecule has 0 unspecified atom stereocenters. The highest BCUT2D eigenvalue weighted by molar-refractivity contribution is 6.31. The first-order valence-electron chi connectivity index (χ1n) is 18.9. The van der Waals surface area contributed by atoms with Crippen molar-refractivity contribution in [2.24, 2.45) is 10.2 Å². The molecular weight excluding hydrogens is 737 g/mol. The van der Waals surface area contributed by atoms with Crippen molar-refractivity contribution in [3.63, 3.8) is 0 Å². The zero-order chi connectivity index (χ0) is 41.4. The summed E-state index contributed by atoms with van der Waals surface area (Å²) in [6.45, 7) is 25.1. The topological polar surface area (TPSA) is 102 Å². The largest absolute Gasteiger partial charge is 0.507 e. The Balaban J connectivity index is 1.80. The zero-order valence-electron chi connectivity index (χ0n) is 34.7. The Hall–Kier alpha value is -4.85. The molecule has 9 heteroatoms. The van der Waals surface area contributed by atoms with Crippen LogP contribution in [0.4, 0.5) is 11.4 Å². The van der Waals surface area contributed by atoms with Crippen molar-refractivity contribution in [1.82, 2.24) is 4.98 Å². The van der Waals surface area contributed by atoms with Gasteiger partial charge in [0.15, 0.2) is 0 Å². The molecule has 0 saturated carbocycles. The number of nitrogens with one attached hydrogen (secondary N) is 2. The molecule has 0 atom stereocenters. The van der Waals surface area contributed by atoms with Crippen molar-refractivity contribution in [3.05, 3.63) is 146 Å². The monoisotopic (exact) mass is 791 g/mol. The number of halogens is 2. The Labute approximate surface area is 342 Å². The summed E-state index contributed by atoms with van der Waals surface area (Å²) >= 11 is 12.4. The number of benzene rings is 4. The number of hydrogen-bond donors (Lipinski definition) is 4. The predicted molar refractivity (Wildman–Crippen MR) is 237 cm³/mol. The summed E-state index contributed by atoms with van der Waals surface area (Å²) in [5.74, 6) is 0.555. The molecule has 56 heavy (non-hydrogen) atoms. The van der Waals surface area contributed by atoms with E-state index in [0.29, 0.717) is 32.9 Å². The van der Waals surface area contributed by atoms with Crippen molar-refractivity contribution >= 4 is 46.0 Å². The van der Waals surface area contributed by atoms with Gasteiger partial charge in [0, 0.05) is 43.4 Å². The van der Waals surface area contributed by atoms with Crippen molar-refractivity contribution in [2.75, 3.05) is 10.9 Å². The van der Waals surface area contributed by atoms with Crippen LogP contribution in [0, 0.1) is 0 Å². The molecule has 294 valence electrons. The number of phenolic OH excluding ortho intramolecular Hbond substituents is 2. The number of pyridine rings is 1. The molecule has 0 fully saturated rings. The minimum absolute atomic E-state index is 0.278. The minimum Gasteiger partial charge on any atom is -0.507 e. The second-order valence-electron chi connectivity index (χ2n) is 18.4. The zero-order valence-corrected chi connectivity index (χ0v) is 36.2. The fraction of sp³-hybridized carbons (Fsp3) is 0.340. The summed E-state index contributed by atoms with van der Waals surface area (Å²) in [7, 11) is 0. The Kier molecular flexibility index (Phi) is 12.0. The van der Waals surface area contributed by atoms with Gasteiger partial charge in [-0.15, -0.1) is 0 Å². The summed E-state index contributed by atoms with van der Waals surface area (Å²) in [4.78, 5) is 5.28.